The van der Waals surface area contributed by atoms with Crippen molar-refractivity contribution in [2.45, 2.75) is 33.2 Å². The maximum absolute atomic E-state index is 11.8. The van der Waals surface area contributed by atoms with E-state index in [0.29, 0.717) is 18.9 Å². The van der Waals surface area contributed by atoms with Gasteiger partial charge in [-0.15, -0.1) is 12.4 Å². The molecule has 1 aromatic carbocycles. The summed E-state index contributed by atoms with van der Waals surface area (Å²) in [6.07, 6.45) is 0.683. The van der Waals surface area contributed by atoms with E-state index in [2.05, 4.69) is 5.32 Å². The molecule has 0 fully saturated rings. The Bertz CT molecular complexity index is 380. The van der Waals surface area contributed by atoms with Gasteiger partial charge in [-0.1, -0.05) is 13.8 Å². The number of carbonyl (C=O) groups is 1. The number of hydrogen-bond donors (Lipinski definition) is 2. The molecule has 0 heterocycles. The normalized spacial score (nSPS) is 11.6. The lowest BCUT2D eigenvalue weighted by atomic mass is 10.0. The number of carbonyl (C=O) groups excluding carboxylic acids is 1. The highest BCUT2D eigenvalue weighted by Gasteiger charge is 2.14. The average molecular weight is 287 g/mol. The maximum Gasteiger partial charge on any atom is 0.241 e. The second kappa shape index (κ2) is 8.77. The molecule has 0 aliphatic carbocycles. The van der Waals surface area contributed by atoms with Gasteiger partial charge in [0.15, 0.2) is 0 Å². The summed E-state index contributed by atoms with van der Waals surface area (Å²) in [4.78, 5) is 11.8. The zero-order valence-electron chi connectivity index (χ0n) is 11.7. The van der Waals surface area contributed by atoms with Crippen LogP contribution in [0.15, 0.2) is 24.3 Å². The Morgan fingerprint density at radius 3 is 2.37 bits per heavy atom. The van der Waals surface area contributed by atoms with Crippen molar-refractivity contribution in [2.75, 3.05) is 11.9 Å². The molecule has 1 atom stereocenters. The van der Waals surface area contributed by atoms with Gasteiger partial charge in [0.25, 0.3) is 0 Å². The third-order valence-electron chi connectivity index (χ3n) is 2.49. The summed E-state index contributed by atoms with van der Waals surface area (Å²) in [5.74, 6) is 1.06. The van der Waals surface area contributed by atoms with Gasteiger partial charge in [0.05, 0.1) is 12.6 Å². The number of ether oxygens (including phenoxy) is 1. The Balaban J connectivity index is 0.00000324. The first kappa shape index (κ1) is 17.7. The minimum absolute atomic E-state index is 0. The van der Waals surface area contributed by atoms with Crippen LogP contribution in [0, 0.1) is 5.92 Å². The first-order valence-electron chi connectivity index (χ1n) is 6.32. The summed E-state index contributed by atoms with van der Waals surface area (Å²) in [5.41, 5.74) is 6.55. The number of amides is 1. The minimum atomic E-state index is -0.462. The molecule has 0 aliphatic rings. The van der Waals surface area contributed by atoms with Gasteiger partial charge in [-0.05, 0) is 43.5 Å². The largest absolute Gasteiger partial charge is 0.494 e. The SMILES string of the molecule is CCOc1ccc(NC(=O)[C@@H](N)CC(C)C)cc1.Cl. The van der Waals surface area contributed by atoms with Gasteiger partial charge < -0.3 is 15.8 Å². The standard InChI is InChI=1S/C14H22N2O2.ClH/c1-4-18-12-7-5-11(6-8-12)16-14(17)13(15)9-10(2)3;/h5-8,10,13H,4,9,15H2,1-3H3,(H,16,17);1H/t13-;/m0./s1. The summed E-state index contributed by atoms with van der Waals surface area (Å²) in [5, 5.41) is 2.80. The van der Waals surface area contributed by atoms with E-state index in [-0.39, 0.29) is 18.3 Å². The third-order valence-corrected chi connectivity index (χ3v) is 2.49. The lowest BCUT2D eigenvalue weighted by Crippen LogP contribution is -2.36. The van der Waals surface area contributed by atoms with E-state index in [9.17, 15) is 4.79 Å². The van der Waals surface area contributed by atoms with Gasteiger partial charge >= 0.3 is 0 Å². The zero-order chi connectivity index (χ0) is 13.5. The fraction of sp³-hybridized carbons (Fsp3) is 0.500. The molecule has 0 radical (unpaired) electrons. The van der Waals surface area contributed by atoms with Crippen LogP contribution in [0.25, 0.3) is 0 Å². The molecule has 0 aliphatic heterocycles. The number of nitrogens with two attached hydrogens (primary N) is 1. The van der Waals surface area contributed by atoms with Crippen molar-refractivity contribution in [3.05, 3.63) is 24.3 Å². The van der Waals surface area contributed by atoms with Crippen LogP contribution >= 0.6 is 12.4 Å². The molecule has 4 nitrogen and oxygen atoms in total. The number of hydrogen-bond acceptors (Lipinski definition) is 3. The quantitative estimate of drug-likeness (QED) is 0.845. The number of rotatable bonds is 6. The highest BCUT2D eigenvalue weighted by Crippen LogP contribution is 2.16. The molecular weight excluding hydrogens is 264 g/mol. The predicted octanol–water partition coefficient (Wildman–Crippen LogP) is 2.82. The van der Waals surface area contributed by atoms with E-state index in [0.717, 1.165) is 11.4 Å². The fourth-order valence-electron chi connectivity index (χ4n) is 1.65. The highest BCUT2D eigenvalue weighted by molar-refractivity contribution is 5.94. The van der Waals surface area contributed by atoms with Gasteiger partial charge in [0, 0.05) is 5.69 Å². The molecule has 0 saturated carbocycles. The van der Waals surface area contributed by atoms with Crippen LogP contribution in [0.2, 0.25) is 0 Å². The van der Waals surface area contributed by atoms with E-state index in [1.165, 1.54) is 0 Å². The summed E-state index contributed by atoms with van der Waals surface area (Å²) in [7, 11) is 0. The lowest BCUT2D eigenvalue weighted by Gasteiger charge is -2.14. The van der Waals surface area contributed by atoms with Gasteiger partial charge in [-0.2, -0.15) is 0 Å². The molecule has 0 spiro atoms. The number of anilines is 1. The molecule has 0 saturated heterocycles. The van der Waals surface area contributed by atoms with Crippen molar-refractivity contribution < 1.29 is 9.53 Å². The number of benzene rings is 1. The molecule has 19 heavy (non-hydrogen) atoms. The van der Waals surface area contributed by atoms with Crippen molar-refractivity contribution in [2.24, 2.45) is 11.7 Å². The molecule has 1 aromatic rings. The van der Waals surface area contributed by atoms with Crippen molar-refractivity contribution in [3.63, 3.8) is 0 Å². The van der Waals surface area contributed by atoms with Crippen LogP contribution in [0.3, 0.4) is 0 Å². The number of halogens is 1. The predicted molar refractivity (Wildman–Crippen MR) is 80.9 cm³/mol. The second-order valence-corrected chi connectivity index (χ2v) is 4.68. The first-order chi connectivity index (χ1) is 8.52. The van der Waals surface area contributed by atoms with E-state index in [1.54, 1.807) is 0 Å². The monoisotopic (exact) mass is 286 g/mol. The van der Waals surface area contributed by atoms with Crippen molar-refractivity contribution in [3.8, 4) is 5.75 Å². The van der Waals surface area contributed by atoms with Crippen LogP contribution in [-0.2, 0) is 4.79 Å². The topological polar surface area (TPSA) is 64.3 Å². The maximum atomic E-state index is 11.8. The van der Waals surface area contributed by atoms with Gasteiger partial charge in [0.1, 0.15) is 5.75 Å². The highest BCUT2D eigenvalue weighted by atomic mass is 35.5. The molecule has 0 aromatic heterocycles. The van der Waals surface area contributed by atoms with Crippen molar-refractivity contribution in [1.82, 2.24) is 0 Å². The Hall–Kier alpha value is -1.26. The van der Waals surface area contributed by atoms with Gasteiger partial charge in [0.2, 0.25) is 5.91 Å². The van der Waals surface area contributed by atoms with E-state index in [4.69, 9.17) is 10.5 Å². The van der Waals surface area contributed by atoms with E-state index < -0.39 is 6.04 Å². The Kier molecular flexibility index (Phi) is 8.19. The van der Waals surface area contributed by atoms with Crippen molar-refractivity contribution in [1.29, 1.82) is 0 Å². The van der Waals surface area contributed by atoms with Gasteiger partial charge in [-0.25, -0.2) is 0 Å². The zero-order valence-corrected chi connectivity index (χ0v) is 12.5. The summed E-state index contributed by atoms with van der Waals surface area (Å²) in [6.45, 7) is 6.65. The van der Waals surface area contributed by atoms with Crippen LogP contribution < -0.4 is 15.8 Å². The molecule has 3 N–H and O–H groups in total. The van der Waals surface area contributed by atoms with E-state index >= 15 is 0 Å². The Morgan fingerprint density at radius 1 is 1.32 bits per heavy atom. The lowest BCUT2D eigenvalue weighted by molar-refractivity contribution is -0.117. The average Bonchev–Trinajstić information content (AvgIpc) is 2.31. The molecule has 5 heteroatoms. The smallest absolute Gasteiger partial charge is 0.241 e. The molecule has 108 valence electrons. The summed E-state index contributed by atoms with van der Waals surface area (Å²) >= 11 is 0. The van der Waals surface area contributed by atoms with Gasteiger partial charge in [-0.3, -0.25) is 4.79 Å². The fourth-order valence-corrected chi connectivity index (χ4v) is 1.65. The number of nitrogens with one attached hydrogen (secondary N) is 1. The molecule has 1 rings (SSSR count). The summed E-state index contributed by atoms with van der Waals surface area (Å²) in [6, 6.07) is 6.81. The third kappa shape index (κ3) is 6.45. The summed E-state index contributed by atoms with van der Waals surface area (Å²) < 4.78 is 5.33. The first-order valence-corrected chi connectivity index (χ1v) is 6.32. The molecular formula is C14H23ClN2O2. The van der Waals surface area contributed by atoms with Crippen LogP contribution in [0.4, 0.5) is 5.69 Å². The van der Waals surface area contributed by atoms with Crippen LogP contribution in [-0.4, -0.2) is 18.6 Å². The Labute approximate surface area is 121 Å². The molecule has 0 bridgehead atoms. The van der Waals surface area contributed by atoms with Crippen LogP contribution in [0.1, 0.15) is 27.2 Å². The second-order valence-electron chi connectivity index (χ2n) is 4.68. The minimum Gasteiger partial charge on any atom is -0.494 e. The van der Waals surface area contributed by atoms with E-state index in [1.807, 2.05) is 45.0 Å². The molecule has 0 unspecified atom stereocenters. The molecule has 1 amide bonds. The van der Waals surface area contributed by atoms with Crippen molar-refractivity contribution >= 4 is 24.0 Å². The van der Waals surface area contributed by atoms with Crippen LogP contribution in [0.5, 0.6) is 5.75 Å². The Morgan fingerprint density at radius 2 is 1.89 bits per heavy atom.